The Balaban J connectivity index is 1.27. The Labute approximate surface area is 324 Å². The molecule has 0 amide bonds. The average molecular weight is 760 g/mol. The highest BCUT2D eigenvalue weighted by Gasteiger charge is 2.20. The van der Waals surface area contributed by atoms with Crippen LogP contribution in [0.1, 0.15) is 0 Å². The van der Waals surface area contributed by atoms with Gasteiger partial charge in [-0.1, -0.05) is 18.2 Å². The summed E-state index contributed by atoms with van der Waals surface area (Å²) in [7, 11) is 0. The molecule has 0 bridgehead atoms. The Morgan fingerprint density at radius 3 is 0.579 bits per heavy atom. The van der Waals surface area contributed by atoms with Gasteiger partial charge in [0.05, 0.1) is 19.7 Å². The van der Waals surface area contributed by atoms with Crippen molar-refractivity contribution >= 4 is 73.9 Å². The van der Waals surface area contributed by atoms with Gasteiger partial charge in [-0.3, -0.25) is 40.5 Å². The second-order valence-electron chi connectivity index (χ2n) is 12.5. The fraction of sp³-hybridized carbons (Fsp3) is 0. The molecule has 15 nitrogen and oxygen atoms in total. The maximum atomic E-state index is 11.4. The van der Waals surface area contributed by atoms with Crippen molar-refractivity contribution in [2.45, 2.75) is 0 Å². The predicted molar refractivity (Wildman–Crippen MR) is 217 cm³/mol. The highest BCUT2D eigenvalue weighted by molar-refractivity contribution is 5.83. The van der Waals surface area contributed by atoms with Crippen molar-refractivity contribution in [3.05, 3.63) is 216 Å². The fourth-order valence-electron chi connectivity index (χ4n) is 6.31. The minimum atomic E-state index is -0.484. The lowest BCUT2D eigenvalue weighted by atomic mass is 10.1. The SMILES string of the molecule is O=[N+]([O-])c1ccc(N(c2ccc(N(c3ccccc3)c3ccc(N(c4ccc([N+](=O)[O-])cc4)c4ccc([N+](=O)[O-])cc4)cc3)cc2)c2ccc([N+](=O)[O-])cc2)cc1. The van der Waals surface area contributed by atoms with Crippen LogP contribution >= 0.6 is 0 Å². The number of non-ortho nitro benzene ring substituents is 4. The average Bonchev–Trinajstić information content (AvgIpc) is 3.23. The molecule has 15 heteroatoms. The van der Waals surface area contributed by atoms with Crippen LogP contribution in [0, 0.1) is 40.5 Å². The molecule has 0 unspecified atom stereocenters. The smallest absolute Gasteiger partial charge is 0.269 e. The number of nitrogens with zero attached hydrogens (tertiary/aromatic N) is 7. The summed E-state index contributed by atoms with van der Waals surface area (Å²) in [5.74, 6) is 0. The van der Waals surface area contributed by atoms with E-state index in [9.17, 15) is 40.5 Å². The van der Waals surface area contributed by atoms with Gasteiger partial charge in [-0.05, 0) is 109 Å². The van der Waals surface area contributed by atoms with E-state index in [4.69, 9.17) is 0 Å². The molecular weight excluding hydrogens is 731 g/mol. The van der Waals surface area contributed by atoms with Crippen LogP contribution in [0.4, 0.5) is 73.9 Å². The van der Waals surface area contributed by atoms with Crippen LogP contribution in [0.5, 0.6) is 0 Å². The van der Waals surface area contributed by atoms with Gasteiger partial charge in [-0.25, -0.2) is 0 Å². The van der Waals surface area contributed by atoms with Crippen LogP contribution in [0.15, 0.2) is 176 Å². The van der Waals surface area contributed by atoms with Gasteiger partial charge in [0.25, 0.3) is 22.7 Å². The molecule has 0 aliphatic heterocycles. The summed E-state index contributed by atoms with van der Waals surface area (Å²) in [5.41, 5.74) is 5.88. The fourth-order valence-corrected chi connectivity index (χ4v) is 6.31. The van der Waals surface area contributed by atoms with E-state index in [-0.39, 0.29) is 22.7 Å². The molecule has 0 fully saturated rings. The first-order chi connectivity index (χ1) is 27.6. The third-order valence-corrected chi connectivity index (χ3v) is 9.02. The maximum Gasteiger partial charge on any atom is 0.269 e. The van der Waals surface area contributed by atoms with E-state index in [2.05, 4.69) is 0 Å². The summed E-state index contributed by atoms with van der Waals surface area (Å²) in [6, 6.07) is 48.9. The van der Waals surface area contributed by atoms with Crippen molar-refractivity contribution < 1.29 is 19.7 Å². The summed E-state index contributed by atoms with van der Waals surface area (Å²) < 4.78 is 0. The van der Waals surface area contributed by atoms with Crippen molar-refractivity contribution in [3.63, 3.8) is 0 Å². The molecule has 0 saturated heterocycles. The Kier molecular flexibility index (Phi) is 10.3. The van der Waals surface area contributed by atoms with E-state index in [1.165, 1.54) is 48.5 Å². The predicted octanol–water partition coefficient (Wildman–Crippen LogP) is 11.7. The minimum Gasteiger partial charge on any atom is -0.311 e. The Morgan fingerprint density at radius 1 is 0.246 bits per heavy atom. The number of para-hydroxylation sites is 1. The molecule has 0 atom stereocenters. The van der Waals surface area contributed by atoms with Crippen molar-refractivity contribution in [1.29, 1.82) is 0 Å². The minimum absolute atomic E-state index is 0.0779. The normalized spacial score (nSPS) is 10.7. The number of benzene rings is 7. The Bertz CT molecular complexity index is 2280. The summed E-state index contributed by atoms with van der Waals surface area (Å²) in [4.78, 5) is 49.3. The second-order valence-corrected chi connectivity index (χ2v) is 12.5. The van der Waals surface area contributed by atoms with E-state index < -0.39 is 19.7 Å². The van der Waals surface area contributed by atoms with Gasteiger partial charge < -0.3 is 14.7 Å². The molecule has 0 heterocycles. The molecule has 0 aliphatic rings. The first-order valence-electron chi connectivity index (χ1n) is 17.2. The van der Waals surface area contributed by atoms with Crippen LogP contribution in [-0.2, 0) is 0 Å². The molecule has 7 aromatic rings. The van der Waals surface area contributed by atoms with E-state index in [1.54, 1.807) is 48.5 Å². The van der Waals surface area contributed by atoms with Crippen molar-refractivity contribution in [2.75, 3.05) is 14.7 Å². The van der Waals surface area contributed by atoms with E-state index in [0.717, 1.165) is 17.1 Å². The third-order valence-electron chi connectivity index (χ3n) is 9.02. The lowest BCUT2D eigenvalue weighted by molar-refractivity contribution is -0.385. The number of hydrogen-bond acceptors (Lipinski definition) is 11. The highest BCUT2D eigenvalue weighted by Crippen LogP contribution is 2.42. The molecule has 7 rings (SSSR count). The Morgan fingerprint density at radius 2 is 0.404 bits per heavy atom. The first kappa shape index (κ1) is 36.9. The highest BCUT2D eigenvalue weighted by atomic mass is 16.6. The maximum absolute atomic E-state index is 11.4. The van der Waals surface area contributed by atoms with Gasteiger partial charge in [0.2, 0.25) is 0 Å². The molecule has 0 aliphatic carbocycles. The Hall–Kier alpha value is -8.46. The number of nitro groups is 4. The van der Waals surface area contributed by atoms with Crippen LogP contribution in [0.2, 0.25) is 0 Å². The zero-order valence-corrected chi connectivity index (χ0v) is 29.6. The summed E-state index contributed by atoms with van der Waals surface area (Å²) in [6.45, 7) is 0. The molecule has 0 aromatic heterocycles. The summed E-state index contributed by atoms with van der Waals surface area (Å²) >= 11 is 0. The van der Waals surface area contributed by atoms with E-state index in [1.807, 2.05) is 93.6 Å². The van der Waals surface area contributed by atoms with Crippen LogP contribution in [-0.4, -0.2) is 19.7 Å². The van der Waals surface area contributed by atoms with Gasteiger partial charge in [0.1, 0.15) is 0 Å². The van der Waals surface area contributed by atoms with Crippen LogP contribution in [0.3, 0.4) is 0 Å². The first-order valence-corrected chi connectivity index (χ1v) is 17.2. The summed E-state index contributed by atoms with van der Waals surface area (Å²) in [5, 5.41) is 45.5. The quantitative estimate of drug-likeness (QED) is 0.0805. The van der Waals surface area contributed by atoms with E-state index >= 15 is 0 Å². The largest absolute Gasteiger partial charge is 0.311 e. The van der Waals surface area contributed by atoms with Crippen molar-refractivity contribution in [3.8, 4) is 0 Å². The lowest BCUT2D eigenvalue weighted by Crippen LogP contribution is -2.13. The van der Waals surface area contributed by atoms with Gasteiger partial charge in [-0.15, -0.1) is 0 Å². The number of rotatable bonds is 13. The monoisotopic (exact) mass is 759 g/mol. The molecule has 57 heavy (non-hydrogen) atoms. The number of nitro benzene ring substituents is 4. The van der Waals surface area contributed by atoms with Gasteiger partial charge in [0, 0.05) is 99.7 Å². The van der Waals surface area contributed by atoms with Crippen LogP contribution in [0.25, 0.3) is 0 Å². The molecular formula is C42H29N7O8. The molecule has 280 valence electrons. The van der Waals surface area contributed by atoms with Crippen LogP contribution < -0.4 is 14.7 Å². The standard InChI is InChI=1S/C42H29N7O8/c50-46(51)39-22-14-35(15-23-39)44(36-16-24-40(25-17-36)47(52)53)33-10-6-31(7-11-33)43(30-4-2-1-3-5-30)32-8-12-34(13-9-32)45(37-18-26-41(27-19-37)48(54)55)38-20-28-42(29-21-38)49(56)57/h1-29H. The number of hydrogen-bond donors (Lipinski definition) is 0. The molecule has 0 spiro atoms. The lowest BCUT2D eigenvalue weighted by Gasteiger charge is -2.29. The molecule has 0 radical (unpaired) electrons. The topological polar surface area (TPSA) is 182 Å². The zero-order valence-electron chi connectivity index (χ0n) is 29.6. The van der Waals surface area contributed by atoms with Gasteiger partial charge in [0.15, 0.2) is 0 Å². The van der Waals surface area contributed by atoms with E-state index in [0.29, 0.717) is 34.1 Å². The van der Waals surface area contributed by atoms with Gasteiger partial charge >= 0.3 is 0 Å². The zero-order chi connectivity index (χ0) is 40.1. The summed E-state index contributed by atoms with van der Waals surface area (Å²) in [6.07, 6.45) is 0. The molecule has 0 N–H and O–H groups in total. The van der Waals surface area contributed by atoms with Crippen molar-refractivity contribution in [1.82, 2.24) is 0 Å². The number of anilines is 9. The van der Waals surface area contributed by atoms with Gasteiger partial charge in [-0.2, -0.15) is 0 Å². The molecule has 7 aromatic carbocycles. The van der Waals surface area contributed by atoms with Crippen molar-refractivity contribution in [2.24, 2.45) is 0 Å². The second kappa shape index (κ2) is 15.9. The third kappa shape index (κ3) is 7.92. The molecule has 0 saturated carbocycles.